The number of pyridine rings is 1. The van der Waals surface area contributed by atoms with Crippen LogP contribution in [0, 0.1) is 5.92 Å². The zero-order valence-electron chi connectivity index (χ0n) is 10.8. The van der Waals surface area contributed by atoms with Crippen LogP contribution in [0.5, 0.6) is 0 Å². The standard InChI is InChI=1S/C13H18F3N3/c1-9(10-3-2-5-17-8-10)19-12-7-11(4-6-18-12)13(14,15)16/h4,6-7,9-10,17H,2-3,5,8H2,1H3,(H,18,19). The Labute approximate surface area is 110 Å². The molecule has 2 N–H and O–H groups in total. The Bertz CT molecular complexity index is 414. The van der Waals surface area contributed by atoms with Crippen LogP contribution in [0.25, 0.3) is 0 Å². The molecule has 0 spiro atoms. The minimum Gasteiger partial charge on any atom is -0.367 e. The van der Waals surface area contributed by atoms with Crippen LogP contribution in [0.3, 0.4) is 0 Å². The van der Waals surface area contributed by atoms with E-state index in [0.29, 0.717) is 5.92 Å². The molecule has 3 nitrogen and oxygen atoms in total. The molecule has 0 bridgehead atoms. The molecular formula is C13H18F3N3. The summed E-state index contributed by atoms with van der Waals surface area (Å²) in [5, 5.41) is 6.37. The van der Waals surface area contributed by atoms with Gasteiger partial charge in [0, 0.05) is 12.2 Å². The van der Waals surface area contributed by atoms with Gasteiger partial charge in [-0.3, -0.25) is 0 Å². The number of aromatic nitrogens is 1. The smallest absolute Gasteiger partial charge is 0.367 e. The van der Waals surface area contributed by atoms with Gasteiger partial charge < -0.3 is 10.6 Å². The molecule has 1 aromatic rings. The second-order valence-electron chi connectivity index (χ2n) is 4.97. The molecule has 2 atom stereocenters. The Morgan fingerprint density at radius 2 is 2.26 bits per heavy atom. The van der Waals surface area contributed by atoms with Crippen LogP contribution in [-0.2, 0) is 6.18 Å². The second kappa shape index (κ2) is 5.77. The van der Waals surface area contributed by atoms with E-state index in [2.05, 4.69) is 15.6 Å². The van der Waals surface area contributed by atoms with Gasteiger partial charge >= 0.3 is 6.18 Å². The van der Waals surface area contributed by atoms with E-state index in [4.69, 9.17) is 0 Å². The van der Waals surface area contributed by atoms with Gasteiger partial charge in [0.15, 0.2) is 0 Å². The Kier molecular flexibility index (Phi) is 4.29. The maximum Gasteiger partial charge on any atom is 0.416 e. The molecule has 1 fully saturated rings. The number of hydrogen-bond acceptors (Lipinski definition) is 3. The number of alkyl halides is 3. The summed E-state index contributed by atoms with van der Waals surface area (Å²) in [4.78, 5) is 3.96. The van der Waals surface area contributed by atoms with Crippen LogP contribution < -0.4 is 10.6 Å². The maximum atomic E-state index is 12.6. The van der Waals surface area contributed by atoms with E-state index >= 15 is 0 Å². The predicted octanol–water partition coefficient (Wildman–Crippen LogP) is 2.90. The Morgan fingerprint density at radius 3 is 2.89 bits per heavy atom. The highest BCUT2D eigenvalue weighted by Crippen LogP contribution is 2.30. The van der Waals surface area contributed by atoms with Crippen molar-refractivity contribution in [2.24, 2.45) is 5.92 Å². The minimum atomic E-state index is -4.32. The molecule has 0 radical (unpaired) electrons. The number of anilines is 1. The predicted molar refractivity (Wildman–Crippen MR) is 67.9 cm³/mol. The van der Waals surface area contributed by atoms with Crippen molar-refractivity contribution in [3.8, 4) is 0 Å². The van der Waals surface area contributed by atoms with Crippen LogP contribution in [0.1, 0.15) is 25.3 Å². The lowest BCUT2D eigenvalue weighted by molar-refractivity contribution is -0.137. The maximum absolute atomic E-state index is 12.6. The van der Waals surface area contributed by atoms with E-state index in [1.54, 1.807) is 0 Å². The van der Waals surface area contributed by atoms with Gasteiger partial charge in [-0.25, -0.2) is 4.98 Å². The van der Waals surface area contributed by atoms with Gasteiger partial charge in [-0.1, -0.05) is 0 Å². The van der Waals surface area contributed by atoms with E-state index in [1.165, 1.54) is 6.20 Å². The van der Waals surface area contributed by atoms with Crippen LogP contribution in [0.15, 0.2) is 18.3 Å². The Hall–Kier alpha value is -1.30. The molecule has 106 valence electrons. The van der Waals surface area contributed by atoms with E-state index in [-0.39, 0.29) is 11.9 Å². The zero-order chi connectivity index (χ0) is 13.9. The average molecular weight is 273 g/mol. The SMILES string of the molecule is CC(Nc1cc(C(F)(F)F)ccn1)C1CCCNC1. The van der Waals surface area contributed by atoms with Crippen molar-refractivity contribution in [3.05, 3.63) is 23.9 Å². The van der Waals surface area contributed by atoms with E-state index in [0.717, 1.165) is 38.1 Å². The normalized spacial score (nSPS) is 22.0. The molecule has 2 rings (SSSR count). The molecule has 1 aliphatic rings. The van der Waals surface area contributed by atoms with Gasteiger partial charge in [0.2, 0.25) is 0 Å². The quantitative estimate of drug-likeness (QED) is 0.889. The van der Waals surface area contributed by atoms with Gasteiger partial charge in [0.25, 0.3) is 0 Å². The molecule has 2 heterocycles. The Balaban J connectivity index is 2.02. The average Bonchev–Trinajstić information content (AvgIpc) is 2.39. The molecule has 0 aliphatic carbocycles. The number of nitrogens with one attached hydrogen (secondary N) is 2. The van der Waals surface area contributed by atoms with E-state index < -0.39 is 11.7 Å². The first-order valence-corrected chi connectivity index (χ1v) is 6.47. The summed E-state index contributed by atoms with van der Waals surface area (Å²) >= 11 is 0. The molecule has 0 aromatic carbocycles. The molecule has 6 heteroatoms. The number of piperidine rings is 1. The highest BCUT2D eigenvalue weighted by molar-refractivity contribution is 5.39. The highest BCUT2D eigenvalue weighted by Gasteiger charge is 2.31. The molecule has 2 unspecified atom stereocenters. The van der Waals surface area contributed by atoms with Crippen LogP contribution in [0.2, 0.25) is 0 Å². The van der Waals surface area contributed by atoms with Crippen molar-refractivity contribution in [2.75, 3.05) is 18.4 Å². The van der Waals surface area contributed by atoms with Crippen molar-refractivity contribution >= 4 is 5.82 Å². The third kappa shape index (κ3) is 3.83. The number of nitrogens with zero attached hydrogens (tertiary/aromatic N) is 1. The van der Waals surface area contributed by atoms with Gasteiger partial charge in [0.1, 0.15) is 5.82 Å². The number of rotatable bonds is 3. The summed E-state index contributed by atoms with van der Waals surface area (Å²) in [6.45, 7) is 3.90. The van der Waals surface area contributed by atoms with Crippen molar-refractivity contribution < 1.29 is 13.2 Å². The van der Waals surface area contributed by atoms with Crippen molar-refractivity contribution in [1.82, 2.24) is 10.3 Å². The van der Waals surface area contributed by atoms with Crippen LogP contribution >= 0.6 is 0 Å². The van der Waals surface area contributed by atoms with Gasteiger partial charge in [-0.2, -0.15) is 13.2 Å². The van der Waals surface area contributed by atoms with Crippen LogP contribution in [0.4, 0.5) is 19.0 Å². The fourth-order valence-electron chi connectivity index (χ4n) is 2.34. The van der Waals surface area contributed by atoms with Crippen LogP contribution in [-0.4, -0.2) is 24.1 Å². The summed E-state index contributed by atoms with van der Waals surface area (Å²) in [6, 6.07) is 2.15. The number of hydrogen-bond donors (Lipinski definition) is 2. The Morgan fingerprint density at radius 1 is 1.47 bits per heavy atom. The summed E-state index contributed by atoms with van der Waals surface area (Å²) in [6.07, 6.45) is -0.946. The number of halogens is 3. The summed E-state index contributed by atoms with van der Waals surface area (Å²) in [5.74, 6) is 0.706. The zero-order valence-corrected chi connectivity index (χ0v) is 10.8. The van der Waals surface area contributed by atoms with Crippen molar-refractivity contribution in [1.29, 1.82) is 0 Å². The highest BCUT2D eigenvalue weighted by atomic mass is 19.4. The fraction of sp³-hybridized carbons (Fsp3) is 0.615. The van der Waals surface area contributed by atoms with Gasteiger partial charge in [0.05, 0.1) is 5.56 Å². The van der Waals surface area contributed by atoms with Crippen molar-refractivity contribution in [2.45, 2.75) is 32.0 Å². The van der Waals surface area contributed by atoms with Gasteiger partial charge in [-0.15, -0.1) is 0 Å². The summed E-state index contributed by atoms with van der Waals surface area (Å²) in [7, 11) is 0. The summed E-state index contributed by atoms with van der Waals surface area (Å²) < 4.78 is 37.8. The first-order chi connectivity index (χ1) is 8.97. The molecule has 1 saturated heterocycles. The third-order valence-electron chi connectivity index (χ3n) is 3.50. The van der Waals surface area contributed by atoms with E-state index in [9.17, 15) is 13.2 Å². The molecule has 1 aliphatic heterocycles. The van der Waals surface area contributed by atoms with Gasteiger partial charge in [-0.05, 0) is 50.9 Å². The molecule has 19 heavy (non-hydrogen) atoms. The van der Waals surface area contributed by atoms with E-state index in [1.807, 2.05) is 6.92 Å². The minimum absolute atomic E-state index is 0.101. The molecule has 1 aromatic heterocycles. The third-order valence-corrected chi connectivity index (χ3v) is 3.50. The first-order valence-electron chi connectivity index (χ1n) is 6.47. The fourth-order valence-corrected chi connectivity index (χ4v) is 2.34. The largest absolute Gasteiger partial charge is 0.416 e. The topological polar surface area (TPSA) is 37.0 Å². The first kappa shape index (κ1) is 14.1. The monoisotopic (exact) mass is 273 g/mol. The molecular weight excluding hydrogens is 255 g/mol. The lowest BCUT2D eigenvalue weighted by Crippen LogP contribution is -2.38. The summed E-state index contributed by atoms with van der Waals surface area (Å²) in [5.41, 5.74) is -0.668. The van der Waals surface area contributed by atoms with Crippen molar-refractivity contribution in [3.63, 3.8) is 0 Å². The lowest BCUT2D eigenvalue weighted by Gasteiger charge is -2.29. The molecule has 0 saturated carbocycles. The lowest BCUT2D eigenvalue weighted by atomic mass is 9.93. The second-order valence-corrected chi connectivity index (χ2v) is 4.97. The molecule has 0 amide bonds.